The number of hydrogen-bond donors (Lipinski definition) is 1. The zero-order valence-electron chi connectivity index (χ0n) is 11.7. The Hall–Kier alpha value is -2.08. The molecule has 1 aromatic heterocycles. The molecule has 0 fully saturated rings. The van der Waals surface area contributed by atoms with Crippen molar-refractivity contribution in [1.29, 1.82) is 0 Å². The Labute approximate surface area is 131 Å². The summed E-state index contributed by atoms with van der Waals surface area (Å²) in [7, 11) is 0. The minimum atomic E-state index is -0.286. The Morgan fingerprint density at radius 3 is 2.95 bits per heavy atom. The largest absolute Gasteiger partial charge is 0.493 e. The molecule has 0 radical (unpaired) electrons. The van der Waals surface area contributed by atoms with Crippen molar-refractivity contribution in [3.63, 3.8) is 0 Å². The molecule has 2 aromatic rings. The van der Waals surface area contributed by atoms with Crippen LogP contribution in [0, 0.1) is 6.92 Å². The van der Waals surface area contributed by atoms with E-state index in [1.54, 1.807) is 19.1 Å². The maximum atomic E-state index is 11.8. The third kappa shape index (κ3) is 4.46. The second-order valence-electron chi connectivity index (χ2n) is 4.26. The first kappa shape index (κ1) is 15.3. The lowest BCUT2D eigenvalue weighted by Crippen LogP contribution is -2.07. The monoisotopic (exact) mass is 350 g/mol. The van der Waals surface area contributed by atoms with Gasteiger partial charge >= 0.3 is 0 Å². The number of aromatic nitrogens is 1. The molecule has 1 amide bonds. The second kappa shape index (κ2) is 7.08. The minimum absolute atomic E-state index is 0.286. The number of benzene rings is 1. The van der Waals surface area contributed by atoms with Gasteiger partial charge in [0.25, 0.3) is 0 Å². The lowest BCUT2D eigenvalue weighted by Gasteiger charge is -2.07. The Bertz CT molecular complexity index is 665. The molecule has 2 rings (SSSR count). The maximum Gasteiger partial charge on any atom is 0.249 e. The number of hydrogen-bond acceptors (Lipinski definition) is 4. The van der Waals surface area contributed by atoms with Crippen LogP contribution >= 0.6 is 15.9 Å². The summed E-state index contributed by atoms with van der Waals surface area (Å²) < 4.78 is 11.3. The summed E-state index contributed by atoms with van der Waals surface area (Å²) in [6, 6.07) is 7.28. The number of amides is 1. The first-order chi connectivity index (χ1) is 10.1. The first-order valence-electron chi connectivity index (χ1n) is 6.43. The zero-order valence-corrected chi connectivity index (χ0v) is 13.3. The van der Waals surface area contributed by atoms with Gasteiger partial charge in [0, 0.05) is 22.2 Å². The number of carbonyl (C=O) groups is 1. The van der Waals surface area contributed by atoms with Gasteiger partial charge in [-0.15, -0.1) is 0 Å². The van der Waals surface area contributed by atoms with E-state index in [0.717, 1.165) is 15.8 Å². The number of rotatable bonds is 5. The number of carbonyl (C=O) groups excluding carboxylic acids is 1. The number of nitrogens with zero attached hydrogens (tertiary/aromatic N) is 1. The van der Waals surface area contributed by atoms with Gasteiger partial charge in [0.1, 0.15) is 11.5 Å². The second-order valence-corrected chi connectivity index (χ2v) is 5.18. The van der Waals surface area contributed by atoms with E-state index in [0.29, 0.717) is 18.2 Å². The molecular weight excluding hydrogens is 336 g/mol. The highest BCUT2D eigenvalue weighted by atomic mass is 79.9. The van der Waals surface area contributed by atoms with Crippen LogP contribution in [0.4, 0.5) is 5.82 Å². The van der Waals surface area contributed by atoms with Crippen molar-refractivity contribution < 1.29 is 14.1 Å². The topological polar surface area (TPSA) is 64.4 Å². The standard InChI is InChI=1S/C15H15BrN2O3/c1-3-20-13-6-5-12(16)9-11(13)4-7-15(19)17-14-8-10(2)21-18-14/h4-9H,3H2,1-2H3,(H,17,18,19). The van der Waals surface area contributed by atoms with E-state index in [1.165, 1.54) is 6.08 Å². The fourth-order valence-corrected chi connectivity index (χ4v) is 2.07. The molecule has 0 bridgehead atoms. The van der Waals surface area contributed by atoms with Crippen LogP contribution in [-0.2, 0) is 4.79 Å². The highest BCUT2D eigenvalue weighted by Gasteiger charge is 2.05. The van der Waals surface area contributed by atoms with Crippen molar-refractivity contribution in [2.45, 2.75) is 13.8 Å². The van der Waals surface area contributed by atoms with E-state index >= 15 is 0 Å². The van der Waals surface area contributed by atoms with Crippen LogP contribution in [0.1, 0.15) is 18.2 Å². The van der Waals surface area contributed by atoms with Gasteiger partial charge in [0.15, 0.2) is 5.82 Å². The molecule has 6 heteroatoms. The van der Waals surface area contributed by atoms with Crippen LogP contribution in [0.5, 0.6) is 5.75 Å². The Morgan fingerprint density at radius 2 is 2.29 bits per heavy atom. The quantitative estimate of drug-likeness (QED) is 0.833. The SMILES string of the molecule is CCOc1ccc(Br)cc1C=CC(=O)Nc1cc(C)on1. The molecule has 0 saturated carbocycles. The Morgan fingerprint density at radius 1 is 1.48 bits per heavy atom. The molecule has 110 valence electrons. The molecule has 0 atom stereocenters. The summed E-state index contributed by atoms with van der Waals surface area (Å²) in [4.78, 5) is 11.8. The molecule has 0 saturated heterocycles. The van der Waals surface area contributed by atoms with Crippen molar-refractivity contribution in [2.75, 3.05) is 11.9 Å². The van der Waals surface area contributed by atoms with Crippen molar-refractivity contribution in [3.8, 4) is 5.75 Å². The lowest BCUT2D eigenvalue weighted by atomic mass is 10.2. The van der Waals surface area contributed by atoms with E-state index in [-0.39, 0.29) is 5.91 Å². The van der Waals surface area contributed by atoms with E-state index in [4.69, 9.17) is 9.26 Å². The molecule has 0 aliphatic heterocycles. The Kier molecular flexibility index (Phi) is 5.16. The third-order valence-electron chi connectivity index (χ3n) is 2.57. The van der Waals surface area contributed by atoms with Crippen LogP contribution in [-0.4, -0.2) is 17.7 Å². The molecule has 21 heavy (non-hydrogen) atoms. The fourth-order valence-electron chi connectivity index (χ4n) is 1.70. The van der Waals surface area contributed by atoms with Gasteiger partial charge < -0.3 is 14.6 Å². The summed E-state index contributed by atoms with van der Waals surface area (Å²) >= 11 is 3.40. The van der Waals surface area contributed by atoms with Gasteiger partial charge in [-0.3, -0.25) is 4.79 Å². The van der Waals surface area contributed by atoms with Gasteiger partial charge in [0.2, 0.25) is 5.91 Å². The van der Waals surface area contributed by atoms with Crippen LogP contribution in [0.2, 0.25) is 0 Å². The fraction of sp³-hybridized carbons (Fsp3) is 0.200. The van der Waals surface area contributed by atoms with E-state index < -0.39 is 0 Å². The molecule has 1 heterocycles. The van der Waals surface area contributed by atoms with Crippen LogP contribution in [0.3, 0.4) is 0 Å². The third-order valence-corrected chi connectivity index (χ3v) is 3.06. The van der Waals surface area contributed by atoms with Crippen molar-refractivity contribution in [1.82, 2.24) is 5.16 Å². The van der Waals surface area contributed by atoms with E-state index in [9.17, 15) is 4.79 Å². The van der Waals surface area contributed by atoms with Gasteiger partial charge in [-0.25, -0.2) is 0 Å². The highest BCUT2D eigenvalue weighted by molar-refractivity contribution is 9.10. The number of ether oxygens (including phenoxy) is 1. The van der Waals surface area contributed by atoms with Crippen molar-refractivity contribution in [3.05, 3.63) is 46.1 Å². The molecule has 5 nitrogen and oxygen atoms in total. The van der Waals surface area contributed by atoms with Gasteiger partial charge in [-0.1, -0.05) is 21.1 Å². The summed E-state index contributed by atoms with van der Waals surface area (Å²) in [5.74, 6) is 1.47. The average molecular weight is 351 g/mol. The molecule has 0 spiro atoms. The minimum Gasteiger partial charge on any atom is -0.493 e. The predicted octanol–water partition coefficient (Wildman–Crippen LogP) is 3.80. The summed E-state index contributed by atoms with van der Waals surface area (Å²) in [5, 5.41) is 6.31. The summed E-state index contributed by atoms with van der Waals surface area (Å²) in [6.07, 6.45) is 3.12. The molecular formula is C15H15BrN2O3. The zero-order chi connectivity index (χ0) is 15.2. The van der Waals surface area contributed by atoms with Crippen LogP contribution in [0.15, 0.2) is 39.3 Å². The Balaban J connectivity index is 2.09. The predicted molar refractivity (Wildman–Crippen MR) is 84.2 cm³/mol. The normalized spacial score (nSPS) is 10.8. The number of nitrogens with one attached hydrogen (secondary N) is 1. The molecule has 1 aromatic carbocycles. The van der Waals surface area contributed by atoms with Crippen molar-refractivity contribution in [2.24, 2.45) is 0 Å². The van der Waals surface area contributed by atoms with Crippen LogP contribution < -0.4 is 10.1 Å². The smallest absolute Gasteiger partial charge is 0.249 e. The summed E-state index contributed by atoms with van der Waals surface area (Å²) in [5.41, 5.74) is 0.817. The average Bonchev–Trinajstić information content (AvgIpc) is 2.84. The molecule has 1 N–H and O–H groups in total. The molecule has 0 unspecified atom stereocenters. The number of anilines is 1. The van der Waals surface area contributed by atoms with E-state index in [2.05, 4.69) is 26.4 Å². The van der Waals surface area contributed by atoms with Gasteiger partial charge in [-0.05, 0) is 38.1 Å². The summed E-state index contributed by atoms with van der Waals surface area (Å²) in [6.45, 7) is 4.23. The first-order valence-corrected chi connectivity index (χ1v) is 7.22. The highest BCUT2D eigenvalue weighted by Crippen LogP contribution is 2.24. The molecule has 0 aliphatic rings. The lowest BCUT2D eigenvalue weighted by molar-refractivity contribution is -0.111. The van der Waals surface area contributed by atoms with E-state index in [1.807, 2.05) is 25.1 Å². The van der Waals surface area contributed by atoms with Crippen molar-refractivity contribution >= 4 is 33.7 Å². The maximum absolute atomic E-state index is 11.8. The van der Waals surface area contributed by atoms with Gasteiger partial charge in [-0.2, -0.15) is 0 Å². The molecule has 0 aliphatic carbocycles. The van der Waals surface area contributed by atoms with Crippen LogP contribution in [0.25, 0.3) is 6.08 Å². The van der Waals surface area contributed by atoms with Gasteiger partial charge in [0.05, 0.1) is 6.61 Å². The number of aryl methyl sites for hydroxylation is 1. The number of halogens is 1.